The second kappa shape index (κ2) is 3.34. The molecular weight excluding hydrogens is 140 g/mol. The van der Waals surface area contributed by atoms with Crippen LogP contribution < -0.4 is 5.73 Å². The minimum absolute atomic E-state index is 0.0580. The summed E-state index contributed by atoms with van der Waals surface area (Å²) in [6.07, 6.45) is 3.83. The van der Waals surface area contributed by atoms with E-state index < -0.39 is 0 Å². The lowest BCUT2D eigenvalue weighted by atomic mass is 10.1. The number of aromatic amines is 1. The second-order valence-corrected chi connectivity index (χ2v) is 2.70. The second-order valence-electron chi connectivity index (χ2n) is 2.70. The number of H-pyrrole nitrogens is 1. The number of ketones is 1. The maximum atomic E-state index is 11.2. The van der Waals surface area contributed by atoms with E-state index in [-0.39, 0.29) is 11.8 Å². The summed E-state index contributed by atoms with van der Waals surface area (Å²) < 4.78 is 0. The van der Waals surface area contributed by atoms with Gasteiger partial charge < -0.3 is 10.7 Å². The maximum absolute atomic E-state index is 11.2. The van der Waals surface area contributed by atoms with Crippen LogP contribution >= 0.6 is 0 Å². The van der Waals surface area contributed by atoms with Gasteiger partial charge in [-0.1, -0.05) is 0 Å². The molecule has 1 aromatic rings. The van der Waals surface area contributed by atoms with Gasteiger partial charge in [0.15, 0.2) is 5.78 Å². The van der Waals surface area contributed by atoms with Crippen molar-refractivity contribution in [1.29, 1.82) is 0 Å². The lowest BCUT2D eigenvalue weighted by Crippen LogP contribution is -2.19. The molecule has 0 aliphatic heterocycles. The predicted molar refractivity (Wildman–Crippen MR) is 43.4 cm³/mol. The molecule has 0 saturated heterocycles. The van der Waals surface area contributed by atoms with Crippen LogP contribution in [-0.4, -0.2) is 16.8 Å². The highest BCUT2D eigenvalue weighted by molar-refractivity contribution is 5.96. The zero-order chi connectivity index (χ0) is 8.27. The molecule has 3 heteroatoms. The van der Waals surface area contributed by atoms with Gasteiger partial charge in [0, 0.05) is 30.4 Å². The van der Waals surface area contributed by atoms with Crippen molar-refractivity contribution in [1.82, 2.24) is 4.98 Å². The van der Waals surface area contributed by atoms with Crippen molar-refractivity contribution in [2.75, 3.05) is 0 Å². The third kappa shape index (κ3) is 2.20. The van der Waals surface area contributed by atoms with Crippen LogP contribution in [0.5, 0.6) is 0 Å². The number of hydrogen-bond donors (Lipinski definition) is 2. The molecule has 0 amide bonds. The van der Waals surface area contributed by atoms with Gasteiger partial charge in [0.25, 0.3) is 0 Å². The smallest absolute Gasteiger partial charge is 0.165 e. The van der Waals surface area contributed by atoms with Crippen LogP contribution in [0.4, 0.5) is 0 Å². The van der Waals surface area contributed by atoms with Gasteiger partial charge in [-0.25, -0.2) is 0 Å². The Kier molecular flexibility index (Phi) is 2.44. The molecule has 0 aliphatic rings. The van der Waals surface area contributed by atoms with Crippen molar-refractivity contribution in [3.05, 3.63) is 24.0 Å². The fourth-order valence-corrected chi connectivity index (χ4v) is 0.908. The van der Waals surface area contributed by atoms with E-state index in [1.807, 2.05) is 6.92 Å². The van der Waals surface area contributed by atoms with Gasteiger partial charge in [0.2, 0.25) is 0 Å². The number of carbonyl (C=O) groups is 1. The zero-order valence-corrected chi connectivity index (χ0v) is 6.50. The van der Waals surface area contributed by atoms with E-state index in [4.69, 9.17) is 5.73 Å². The first-order valence-electron chi connectivity index (χ1n) is 3.61. The number of aromatic nitrogens is 1. The molecule has 11 heavy (non-hydrogen) atoms. The molecule has 0 aliphatic carbocycles. The van der Waals surface area contributed by atoms with Gasteiger partial charge >= 0.3 is 0 Å². The highest BCUT2D eigenvalue weighted by atomic mass is 16.1. The molecule has 0 spiro atoms. The minimum atomic E-state index is -0.0580. The molecule has 3 nitrogen and oxygen atoms in total. The predicted octanol–water partition coefficient (Wildman–Crippen LogP) is 0.935. The number of carbonyl (C=O) groups excluding carboxylic acids is 1. The number of nitrogens with one attached hydrogen (secondary N) is 1. The highest BCUT2D eigenvalue weighted by Crippen LogP contribution is 2.02. The molecule has 0 saturated carbocycles. The summed E-state index contributed by atoms with van der Waals surface area (Å²) in [5, 5.41) is 0. The minimum Gasteiger partial charge on any atom is -0.367 e. The van der Waals surface area contributed by atoms with Gasteiger partial charge in [0.1, 0.15) is 0 Å². The third-order valence-corrected chi connectivity index (χ3v) is 1.43. The van der Waals surface area contributed by atoms with Crippen LogP contribution in [0.15, 0.2) is 18.5 Å². The Hall–Kier alpha value is -1.09. The Morgan fingerprint density at radius 2 is 2.55 bits per heavy atom. The molecule has 0 fully saturated rings. The first kappa shape index (κ1) is 8.01. The zero-order valence-electron chi connectivity index (χ0n) is 6.50. The van der Waals surface area contributed by atoms with Gasteiger partial charge in [-0.2, -0.15) is 0 Å². The average Bonchev–Trinajstić information content (AvgIpc) is 2.35. The number of hydrogen-bond acceptors (Lipinski definition) is 2. The van der Waals surface area contributed by atoms with Crippen molar-refractivity contribution in [2.24, 2.45) is 5.73 Å². The Morgan fingerprint density at radius 3 is 3.00 bits per heavy atom. The summed E-state index contributed by atoms with van der Waals surface area (Å²) in [7, 11) is 0. The van der Waals surface area contributed by atoms with Crippen molar-refractivity contribution in [3.63, 3.8) is 0 Å². The number of Topliss-reactive ketones (excluding diaryl/α,β-unsaturated/α-hetero) is 1. The third-order valence-electron chi connectivity index (χ3n) is 1.43. The monoisotopic (exact) mass is 152 g/mol. The van der Waals surface area contributed by atoms with E-state index in [1.54, 1.807) is 18.5 Å². The lowest BCUT2D eigenvalue weighted by Gasteiger charge is -2.00. The molecule has 0 bridgehead atoms. The Bertz CT molecular complexity index is 226. The largest absolute Gasteiger partial charge is 0.367 e. The van der Waals surface area contributed by atoms with Crippen LogP contribution in [0.25, 0.3) is 0 Å². The number of rotatable bonds is 3. The van der Waals surface area contributed by atoms with E-state index in [0.717, 1.165) is 0 Å². The van der Waals surface area contributed by atoms with Crippen molar-refractivity contribution < 1.29 is 4.79 Å². The van der Waals surface area contributed by atoms with Crippen LogP contribution in [0.3, 0.4) is 0 Å². The summed E-state index contributed by atoms with van der Waals surface area (Å²) in [4.78, 5) is 14.0. The standard InChI is InChI=1S/C8H12N2O/c1-6(9)4-8(11)7-2-3-10-5-7/h2-3,5-6,10H,4,9H2,1H3. The summed E-state index contributed by atoms with van der Waals surface area (Å²) >= 11 is 0. The fraction of sp³-hybridized carbons (Fsp3) is 0.375. The van der Waals surface area contributed by atoms with Crippen LogP contribution in [0, 0.1) is 0 Å². The topological polar surface area (TPSA) is 58.9 Å². The van der Waals surface area contributed by atoms with Gasteiger partial charge in [-0.3, -0.25) is 4.79 Å². The molecular formula is C8H12N2O. The SMILES string of the molecule is CC(N)CC(=O)c1cc[nH]c1. The van der Waals surface area contributed by atoms with Crippen LogP contribution in [-0.2, 0) is 0 Å². The maximum Gasteiger partial charge on any atom is 0.165 e. The van der Waals surface area contributed by atoms with Crippen molar-refractivity contribution in [3.8, 4) is 0 Å². The van der Waals surface area contributed by atoms with E-state index >= 15 is 0 Å². The van der Waals surface area contributed by atoms with E-state index in [9.17, 15) is 4.79 Å². The highest BCUT2D eigenvalue weighted by Gasteiger charge is 2.07. The molecule has 1 rings (SSSR count). The lowest BCUT2D eigenvalue weighted by molar-refractivity contribution is 0.0977. The molecule has 3 N–H and O–H groups in total. The summed E-state index contributed by atoms with van der Waals surface area (Å²) in [6.45, 7) is 1.82. The first-order valence-corrected chi connectivity index (χ1v) is 3.61. The summed E-state index contributed by atoms with van der Waals surface area (Å²) in [6, 6.07) is 1.70. The molecule has 1 atom stereocenters. The van der Waals surface area contributed by atoms with Crippen LogP contribution in [0.1, 0.15) is 23.7 Å². The van der Waals surface area contributed by atoms with Crippen LogP contribution in [0.2, 0.25) is 0 Å². The first-order chi connectivity index (χ1) is 5.20. The van der Waals surface area contributed by atoms with E-state index in [1.165, 1.54) is 0 Å². The average molecular weight is 152 g/mol. The molecule has 0 radical (unpaired) electrons. The summed E-state index contributed by atoms with van der Waals surface area (Å²) in [5.74, 6) is 0.0984. The van der Waals surface area contributed by atoms with Gasteiger partial charge in [0.05, 0.1) is 0 Å². The molecule has 1 heterocycles. The molecule has 1 unspecified atom stereocenters. The number of nitrogens with two attached hydrogens (primary N) is 1. The Labute approximate surface area is 65.6 Å². The Balaban J connectivity index is 2.57. The fourth-order valence-electron chi connectivity index (χ4n) is 0.908. The van der Waals surface area contributed by atoms with E-state index in [2.05, 4.69) is 4.98 Å². The molecule has 0 aromatic carbocycles. The molecule has 60 valence electrons. The van der Waals surface area contributed by atoms with E-state index in [0.29, 0.717) is 12.0 Å². The Morgan fingerprint density at radius 1 is 1.82 bits per heavy atom. The normalized spacial score (nSPS) is 12.9. The molecule has 1 aromatic heterocycles. The quantitative estimate of drug-likeness (QED) is 0.633. The van der Waals surface area contributed by atoms with Gasteiger partial charge in [-0.15, -0.1) is 0 Å². The van der Waals surface area contributed by atoms with Gasteiger partial charge in [-0.05, 0) is 13.0 Å². The van der Waals surface area contributed by atoms with Crippen molar-refractivity contribution in [2.45, 2.75) is 19.4 Å². The summed E-state index contributed by atoms with van der Waals surface area (Å²) in [5.41, 5.74) is 6.18. The van der Waals surface area contributed by atoms with Crippen molar-refractivity contribution >= 4 is 5.78 Å².